The molecule has 3 aliphatic heterocycles. The molecule has 4 aromatic rings. The zero-order valence-electron chi connectivity index (χ0n) is 22.7. The van der Waals surface area contributed by atoms with E-state index in [4.69, 9.17) is 9.26 Å². The maximum atomic E-state index is 13.9. The molecule has 0 aliphatic carbocycles. The van der Waals surface area contributed by atoms with Gasteiger partial charge in [-0.3, -0.25) is 4.79 Å². The van der Waals surface area contributed by atoms with Gasteiger partial charge in [-0.25, -0.2) is 0 Å². The fourth-order valence-corrected chi connectivity index (χ4v) is 6.37. The Kier molecular flexibility index (Phi) is 5.60. The van der Waals surface area contributed by atoms with Crippen LogP contribution in [0.2, 0.25) is 0 Å². The van der Waals surface area contributed by atoms with Crippen LogP contribution in [0, 0.1) is 13.8 Å². The number of hydrogen-bond donors (Lipinski definition) is 0. The Morgan fingerprint density at radius 3 is 2.38 bits per heavy atom. The van der Waals surface area contributed by atoms with Crippen molar-refractivity contribution in [3.8, 4) is 28.3 Å². The largest absolute Gasteiger partial charge is 0.492 e. The molecule has 1 saturated heterocycles. The number of fused-ring (bicyclic) bond motifs is 3. The van der Waals surface area contributed by atoms with Crippen molar-refractivity contribution < 1.29 is 14.1 Å². The first-order valence-electron chi connectivity index (χ1n) is 13.7. The number of likely N-dealkylation sites (tertiary alicyclic amines) is 1. The Labute approximate surface area is 228 Å². The van der Waals surface area contributed by atoms with Gasteiger partial charge in [-0.1, -0.05) is 41.6 Å². The van der Waals surface area contributed by atoms with Crippen molar-refractivity contribution in [3.05, 3.63) is 82.7 Å². The van der Waals surface area contributed by atoms with Gasteiger partial charge < -0.3 is 19.1 Å². The second-order valence-corrected chi connectivity index (χ2v) is 11.3. The number of nitrogens with zero attached hydrogens (tertiary/aromatic N) is 4. The highest BCUT2D eigenvalue weighted by atomic mass is 16.5. The molecule has 1 amide bonds. The van der Waals surface area contributed by atoms with Gasteiger partial charge in [-0.15, -0.1) is 0 Å². The van der Waals surface area contributed by atoms with Gasteiger partial charge in [-0.2, -0.15) is 4.98 Å². The van der Waals surface area contributed by atoms with Crippen LogP contribution in [0.5, 0.6) is 5.75 Å². The van der Waals surface area contributed by atoms with Crippen molar-refractivity contribution in [2.24, 2.45) is 0 Å². The molecule has 39 heavy (non-hydrogen) atoms. The van der Waals surface area contributed by atoms with Crippen LogP contribution in [0.15, 0.2) is 59.1 Å². The van der Waals surface area contributed by atoms with Crippen molar-refractivity contribution in [3.63, 3.8) is 0 Å². The topological polar surface area (TPSA) is 71.7 Å². The summed E-state index contributed by atoms with van der Waals surface area (Å²) in [7, 11) is 2.19. The minimum Gasteiger partial charge on any atom is -0.492 e. The molecular weight excluding hydrogens is 488 g/mol. The summed E-state index contributed by atoms with van der Waals surface area (Å²) in [4.78, 5) is 22.5. The number of amides is 1. The lowest BCUT2D eigenvalue weighted by Gasteiger charge is -2.37. The van der Waals surface area contributed by atoms with E-state index in [0.717, 1.165) is 78.2 Å². The summed E-state index contributed by atoms with van der Waals surface area (Å²) in [6.45, 7) is 7.41. The van der Waals surface area contributed by atoms with Gasteiger partial charge in [0, 0.05) is 41.3 Å². The van der Waals surface area contributed by atoms with Crippen LogP contribution in [0.4, 0.5) is 5.69 Å². The van der Waals surface area contributed by atoms with Gasteiger partial charge in [0.1, 0.15) is 5.75 Å². The van der Waals surface area contributed by atoms with Crippen molar-refractivity contribution in [1.82, 2.24) is 15.0 Å². The van der Waals surface area contributed by atoms with Crippen LogP contribution in [-0.4, -0.2) is 54.2 Å². The van der Waals surface area contributed by atoms with Gasteiger partial charge in [0.15, 0.2) is 0 Å². The molecule has 0 atom stereocenters. The summed E-state index contributed by atoms with van der Waals surface area (Å²) in [5, 5.41) is 4.00. The molecule has 0 N–H and O–H groups in total. The average Bonchev–Trinajstić information content (AvgIpc) is 3.66. The minimum absolute atomic E-state index is 0.0666. The lowest BCUT2D eigenvalue weighted by molar-refractivity contribution is 0.0988. The number of benzene rings is 3. The molecule has 0 bridgehead atoms. The fourth-order valence-electron chi connectivity index (χ4n) is 6.37. The molecule has 0 unspecified atom stereocenters. The summed E-state index contributed by atoms with van der Waals surface area (Å²) in [6.07, 6.45) is 3.05. The van der Waals surface area contributed by atoms with Crippen LogP contribution in [0.3, 0.4) is 0 Å². The molecule has 1 aromatic heterocycles. The quantitative estimate of drug-likeness (QED) is 0.351. The summed E-state index contributed by atoms with van der Waals surface area (Å²) in [5.74, 6) is 2.22. The van der Waals surface area contributed by atoms with Gasteiger partial charge in [0.25, 0.3) is 5.91 Å². The third kappa shape index (κ3) is 4.03. The molecule has 7 nitrogen and oxygen atoms in total. The first-order chi connectivity index (χ1) is 18.9. The number of rotatable bonds is 3. The van der Waals surface area contributed by atoms with E-state index in [1.807, 2.05) is 36.1 Å². The number of piperidine rings is 1. The van der Waals surface area contributed by atoms with Crippen LogP contribution < -0.4 is 9.64 Å². The van der Waals surface area contributed by atoms with Crippen molar-refractivity contribution >= 4 is 11.6 Å². The minimum atomic E-state index is 0.0666. The third-order valence-corrected chi connectivity index (χ3v) is 8.80. The van der Waals surface area contributed by atoms with Crippen LogP contribution in [0.25, 0.3) is 22.5 Å². The summed E-state index contributed by atoms with van der Waals surface area (Å²) in [5.41, 5.74) is 8.40. The normalized spacial score (nSPS) is 17.8. The molecule has 1 fully saturated rings. The Hall–Kier alpha value is -3.97. The number of carbonyl (C=O) groups is 1. The summed E-state index contributed by atoms with van der Waals surface area (Å²) < 4.78 is 11.3. The molecule has 3 aliphatic rings. The van der Waals surface area contributed by atoms with Crippen molar-refractivity contribution in [2.75, 3.05) is 38.2 Å². The predicted molar refractivity (Wildman–Crippen MR) is 150 cm³/mol. The number of aryl methyl sites for hydroxylation is 2. The Balaban J connectivity index is 1.15. The molecule has 0 saturated carbocycles. The number of aromatic nitrogens is 2. The molecule has 7 heteroatoms. The fraction of sp³-hybridized carbons (Fsp3) is 0.344. The molecule has 198 valence electrons. The lowest BCUT2D eigenvalue weighted by atomic mass is 9.74. The number of hydrogen-bond acceptors (Lipinski definition) is 6. The van der Waals surface area contributed by atoms with E-state index in [-0.39, 0.29) is 11.3 Å². The molecule has 1 spiro atoms. The molecule has 3 aromatic carbocycles. The predicted octanol–water partition coefficient (Wildman–Crippen LogP) is 5.58. The second kappa shape index (κ2) is 9.06. The van der Waals surface area contributed by atoms with E-state index in [1.165, 1.54) is 11.1 Å². The van der Waals surface area contributed by atoms with Crippen LogP contribution in [0.1, 0.15) is 45.8 Å². The first kappa shape index (κ1) is 24.1. The first-order valence-corrected chi connectivity index (χ1v) is 13.7. The van der Waals surface area contributed by atoms with Gasteiger partial charge in [-0.05, 0) is 86.8 Å². The Bertz CT molecular complexity index is 1580. The maximum Gasteiger partial charge on any atom is 0.258 e. The second-order valence-electron chi connectivity index (χ2n) is 11.3. The van der Waals surface area contributed by atoms with E-state index in [1.54, 1.807) is 6.92 Å². The lowest BCUT2D eigenvalue weighted by Crippen LogP contribution is -2.42. The van der Waals surface area contributed by atoms with Crippen molar-refractivity contribution in [1.29, 1.82) is 0 Å². The summed E-state index contributed by atoms with van der Waals surface area (Å²) >= 11 is 0. The van der Waals surface area contributed by atoms with Crippen LogP contribution in [-0.2, 0) is 11.8 Å². The van der Waals surface area contributed by atoms with E-state index in [9.17, 15) is 4.79 Å². The van der Waals surface area contributed by atoms with Gasteiger partial charge in [0.05, 0.1) is 6.61 Å². The Morgan fingerprint density at radius 2 is 1.67 bits per heavy atom. The summed E-state index contributed by atoms with van der Waals surface area (Å²) in [6, 6.07) is 18.7. The highest BCUT2D eigenvalue weighted by Gasteiger charge is 2.44. The number of carbonyl (C=O) groups excluding carboxylic acids is 1. The monoisotopic (exact) mass is 520 g/mol. The zero-order chi connectivity index (χ0) is 26.7. The highest BCUT2D eigenvalue weighted by Crippen LogP contribution is 2.49. The zero-order valence-corrected chi connectivity index (χ0v) is 22.7. The van der Waals surface area contributed by atoms with E-state index in [2.05, 4.69) is 52.4 Å². The van der Waals surface area contributed by atoms with Gasteiger partial charge >= 0.3 is 0 Å². The maximum absolute atomic E-state index is 13.9. The molecular formula is C32H32N4O3. The average molecular weight is 521 g/mol. The molecule has 0 radical (unpaired) electrons. The SMILES string of the molecule is Cc1nc(-c2ccc(-c3ccc(C(=O)N4CCc5cc6c(cc54)C4(CCN(C)CC4)CO6)c(C)c3)cc2)no1. The molecule has 7 rings (SSSR count). The van der Waals surface area contributed by atoms with Gasteiger partial charge in [0.2, 0.25) is 11.7 Å². The number of ether oxygens (including phenoxy) is 1. The van der Waals surface area contributed by atoms with Crippen LogP contribution >= 0.6 is 0 Å². The van der Waals surface area contributed by atoms with E-state index >= 15 is 0 Å². The number of anilines is 1. The Morgan fingerprint density at radius 1 is 0.923 bits per heavy atom. The van der Waals surface area contributed by atoms with E-state index < -0.39 is 0 Å². The molecule has 4 heterocycles. The smallest absolute Gasteiger partial charge is 0.258 e. The third-order valence-electron chi connectivity index (χ3n) is 8.80. The highest BCUT2D eigenvalue weighted by molar-refractivity contribution is 6.08. The van der Waals surface area contributed by atoms with Crippen molar-refractivity contribution in [2.45, 2.75) is 38.5 Å². The standard InChI is InChI=1S/C32H32N4O3/c1-20-16-24(22-4-6-23(7-5-22)30-33-21(2)39-34-30)8-9-26(20)31(37)36-13-10-25-17-29-27(18-28(25)36)32(19-38-29)11-14-35(3)15-12-32/h4-9,16-18H,10-15,19H2,1-3H3. The van der Waals surface area contributed by atoms with E-state index in [0.29, 0.717) is 18.3 Å².